The molecule has 0 aromatic heterocycles. The first kappa shape index (κ1) is 14.4. The van der Waals surface area contributed by atoms with Crippen LogP contribution in [0.2, 0.25) is 0 Å². The van der Waals surface area contributed by atoms with Gasteiger partial charge in [-0.3, -0.25) is 0 Å². The lowest BCUT2D eigenvalue weighted by Gasteiger charge is -2.48. The summed E-state index contributed by atoms with van der Waals surface area (Å²) in [5.41, 5.74) is 3.10. The minimum absolute atomic E-state index is 0.000422. The van der Waals surface area contributed by atoms with Gasteiger partial charge < -0.3 is 15.0 Å². The molecule has 3 rings (SSSR count). The molecule has 0 saturated heterocycles. The van der Waals surface area contributed by atoms with Crippen molar-refractivity contribution in [3.63, 3.8) is 0 Å². The summed E-state index contributed by atoms with van der Waals surface area (Å²) in [5.74, 6) is 0.510. The molecule has 0 spiro atoms. The van der Waals surface area contributed by atoms with Crippen LogP contribution in [0.25, 0.3) is 0 Å². The van der Waals surface area contributed by atoms with E-state index in [4.69, 9.17) is 4.74 Å². The zero-order valence-electron chi connectivity index (χ0n) is 13.1. The number of urea groups is 1. The maximum Gasteiger partial charge on any atom is 0.322 e. The molecule has 114 valence electrons. The lowest BCUT2D eigenvalue weighted by molar-refractivity contribution is 0.000956. The fourth-order valence-corrected chi connectivity index (χ4v) is 3.59. The number of carbonyl (C=O) groups is 1. The van der Waals surface area contributed by atoms with E-state index in [-0.39, 0.29) is 11.6 Å². The molecule has 4 nitrogen and oxygen atoms in total. The highest BCUT2D eigenvalue weighted by Gasteiger charge is 2.55. The zero-order valence-corrected chi connectivity index (χ0v) is 13.1. The summed E-state index contributed by atoms with van der Waals surface area (Å²) in [6.45, 7) is 8.12. The largest absolute Gasteiger partial charge is 0.379 e. The van der Waals surface area contributed by atoms with Gasteiger partial charge in [-0.2, -0.15) is 0 Å². The second-order valence-corrected chi connectivity index (χ2v) is 6.06. The first-order chi connectivity index (χ1) is 10.1. The molecule has 1 fully saturated rings. The standard InChI is InChI=1S/C17H24N2O2/c1-4-19-16(20)18-15-9-6-12(3)10-14(15)17(19,11-21-5-2)13-7-8-13/h6,9-10,13H,4-5,7-8,11H2,1-3H3,(H,18,20). The number of benzene rings is 1. The Labute approximate surface area is 126 Å². The highest BCUT2D eigenvalue weighted by molar-refractivity contribution is 5.94. The Morgan fingerprint density at radius 1 is 1.38 bits per heavy atom. The number of nitrogens with zero attached hydrogens (tertiary/aromatic N) is 1. The Hall–Kier alpha value is -1.55. The molecule has 4 heteroatoms. The van der Waals surface area contributed by atoms with Gasteiger partial charge in [-0.15, -0.1) is 0 Å². The van der Waals surface area contributed by atoms with Crippen molar-refractivity contribution < 1.29 is 9.53 Å². The van der Waals surface area contributed by atoms with E-state index < -0.39 is 0 Å². The molecule has 2 aliphatic rings. The summed E-state index contributed by atoms with van der Waals surface area (Å²) >= 11 is 0. The van der Waals surface area contributed by atoms with Crippen LogP contribution < -0.4 is 5.32 Å². The molecular formula is C17H24N2O2. The van der Waals surface area contributed by atoms with E-state index >= 15 is 0 Å². The SMILES string of the molecule is CCOCC1(C2CC2)c2cc(C)ccc2NC(=O)N1CC. The molecule has 1 aliphatic carbocycles. The van der Waals surface area contributed by atoms with Crippen molar-refractivity contribution in [2.24, 2.45) is 5.92 Å². The number of hydrogen-bond acceptors (Lipinski definition) is 2. The third kappa shape index (κ3) is 2.22. The van der Waals surface area contributed by atoms with Gasteiger partial charge in [0.2, 0.25) is 0 Å². The van der Waals surface area contributed by atoms with Gasteiger partial charge in [0.25, 0.3) is 0 Å². The van der Waals surface area contributed by atoms with Crippen molar-refractivity contribution in [1.82, 2.24) is 4.90 Å². The van der Waals surface area contributed by atoms with Crippen molar-refractivity contribution >= 4 is 11.7 Å². The van der Waals surface area contributed by atoms with Gasteiger partial charge in [0.15, 0.2) is 0 Å². The topological polar surface area (TPSA) is 41.6 Å². The van der Waals surface area contributed by atoms with E-state index in [2.05, 4.69) is 24.4 Å². The van der Waals surface area contributed by atoms with Crippen LogP contribution in [0.15, 0.2) is 18.2 Å². The van der Waals surface area contributed by atoms with Crippen LogP contribution in [0.4, 0.5) is 10.5 Å². The van der Waals surface area contributed by atoms with Crippen LogP contribution in [-0.2, 0) is 10.3 Å². The summed E-state index contributed by atoms with van der Waals surface area (Å²) < 4.78 is 5.83. The molecule has 2 amide bonds. The molecule has 1 aromatic carbocycles. The lowest BCUT2D eigenvalue weighted by atomic mass is 9.80. The van der Waals surface area contributed by atoms with Crippen molar-refractivity contribution in [2.75, 3.05) is 25.1 Å². The third-order valence-electron chi connectivity index (χ3n) is 4.71. The molecule has 1 atom stereocenters. The number of hydrogen-bond donors (Lipinski definition) is 1. The predicted octanol–water partition coefficient (Wildman–Crippen LogP) is 3.50. The van der Waals surface area contributed by atoms with Gasteiger partial charge in [0, 0.05) is 24.4 Å². The smallest absolute Gasteiger partial charge is 0.322 e. The van der Waals surface area contributed by atoms with Crippen molar-refractivity contribution in [3.8, 4) is 0 Å². The van der Waals surface area contributed by atoms with Crippen LogP contribution in [0, 0.1) is 12.8 Å². The van der Waals surface area contributed by atoms with Crippen molar-refractivity contribution in [3.05, 3.63) is 29.3 Å². The average molecular weight is 288 g/mol. The molecule has 1 unspecified atom stereocenters. The second kappa shape index (κ2) is 5.34. The number of nitrogens with one attached hydrogen (secondary N) is 1. The number of aryl methyl sites for hydroxylation is 1. The quantitative estimate of drug-likeness (QED) is 0.901. The Bertz CT molecular complexity index is 554. The van der Waals surface area contributed by atoms with E-state index in [1.165, 1.54) is 24.0 Å². The number of likely N-dealkylation sites (N-methyl/N-ethyl adjacent to an activating group) is 1. The maximum absolute atomic E-state index is 12.5. The highest BCUT2D eigenvalue weighted by atomic mass is 16.5. The average Bonchev–Trinajstić information content (AvgIpc) is 3.30. The number of amides is 2. The summed E-state index contributed by atoms with van der Waals surface area (Å²) in [7, 11) is 0. The lowest BCUT2D eigenvalue weighted by Crippen LogP contribution is -2.58. The minimum Gasteiger partial charge on any atom is -0.379 e. The minimum atomic E-state index is -0.297. The van der Waals surface area contributed by atoms with Crippen molar-refractivity contribution in [1.29, 1.82) is 0 Å². The summed E-state index contributed by atoms with van der Waals surface area (Å²) in [6.07, 6.45) is 2.34. The molecule has 1 N–H and O–H groups in total. The molecule has 1 aliphatic heterocycles. The molecule has 1 heterocycles. The fourth-order valence-electron chi connectivity index (χ4n) is 3.59. The van der Waals surface area contributed by atoms with E-state index in [1.54, 1.807) is 0 Å². The van der Waals surface area contributed by atoms with Gasteiger partial charge in [0.05, 0.1) is 12.1 Å². The predicted molar refractivity (Wildman–Crippen MR) is 83.5 cm³/mol. The van der Waals surface area contributed by atoms with Gasteiger partial charge >= 0.3 is 6.03 Å². The summed E-state index contributed by atoms with van der Waals surface area (Å²) in [4.78, 5) is 14.5. The second-order valence-electron chi connectivity index (χ2n) is 6.06. The number of rotatable bonds is 5. The first-order valence-electron chi connectivity index (χ1n) is 7.91. The Morgan fingerprint density at radius 3 is 2.76 bits per heavy atom. The van der Waals surface area contributed by atoms with E-state index in [1.807, 2.05) is 24.8 Å². The fraction of sp³-hybridized carbons (Fsp3) is 0.588. The van der Waals surface area contributed by atoms with Gasteiger partial charge in [-0.05, 0) is 45.6 Å². The monoisotopic (exact) mass is 288 g/mol. The number of carbonyl (C=O) groups excluding carboxylic acids is 1. The van der Waals surface area contributed by atoms with E-state index in [0.717, 1.165) is 5.69 Å². The number of fused-ring (bicyclic) bond motifs is 1. The van der Waals surface area contributed by atoms with Gasteiger partial charge in [-0.25, -0.2) is 4.79 Å². The van der Waals surface area contributed by atoms with Crippen LogP contribution in [0.3, 0.4) is 0 Å². The Morgan fingerprint density at radius 2 is 2.14 bits per heavy atom. The normalized spacial score (nSPS) is 24.7. The van der Waals surface area contributed by atoms with Crippen LogP contribution in [-0.4, -0.2) is 30.7 Å². The summed E-state index contributed by atoms with van der Waals surface area (Å²) in [6, 6.07) is 6.30. The van der Waals surface area contributed by atoms with E-state index in [0.29, 0.717) is 25.7 Å². The van der Waals surface area contributed by atoms with Gasteiger partial charge in [-0.1, -0.05) is 17.7 Å². The highest BCUT2D eigenvalue weighted by Crippen LogP contribution is 2.53. The van der Waals surface area contributed by atoms with Crippen LogP contribution in [0.5, 0.6) is 0 Å². The third-order valence-corrected chi connectivity index (χ3v) is 4.71. The first-order valence-corrected chi connectivity index (χ1v) is 7.91. The number of ether oxygens (including phenoxy) is 1. The maximum atomic E-state index is 12.5. The van der Waals surface area contributed by atoms with Crippen molar-refractivity contribution in [2.45, 2.75) is 39.2 Å². The number of anilines is 1. The molecule has 1 saturated carbocycles. The Balaban J connectivity index is 2.16. The Kier molecular flexibility index (Phi) is 3.66. The zero-order chi connectivity index (χ0) is 15.0. The summed E-state index contributed by atoms with van der Waals surface area (Å²) in [5, 5.41) is 3.03. The molecule has 21 heavy (non-hydrogen) atoms. The molecule has 1 aromatic rings. The van der Waals surface area contributed by atoms with E-state index in [9.17, 15) is 4.79 Å². The molecule has 0 radical (unpaired) electrons. The van der Waals surface area contributed by atoms with Gasteiger partial charge in [0.1, 0.15) is 0 Å². The van der Waals surface area contributed by atoms with Crippen LogP contribution in [0.1, 0.15) is 37.8 Å². The van der Waals surface area contributed by atoms with Crippen LogP contribution >= 0.6 is 0 Å². The molecular weight excluding hydrogens is 264 g/mol. The molecule has 0 bridgehead atoms.